The van der Waals surface area contributed by atoms with Gasteiger partial charge >= 0.3 is 0 Å². The van der Waals surface area contributed by atoms with E-state index < -0.39 is 5.91 Å². The van der Waals surface area contributed by atoms with Gasteiger partial charge < -0.3 is 14.6 Å². The Balaban J connectivity index is 1.93. The van der Waals surface area contributed by atoms with Gasteiger partial charge in [-0.15, -0.1) is 0 Å². The van der Waals surface area contributed by atoms with Gasteiger partial charge in [-0.3, -0.25) is 14.4 Å². The molecule has 1 amide bonds. The summed E-state index contributed by atoms with van der Waals surface area (Å²) in [7, 11) is 3.00. The average molecular weight is 369 g/mol. The van der Waals surface area contributed by atoms with Gasteiger partial charge in [0.05, 0.1) is 24.1 Å². The second-order valence-electron chi connectivity index (χ2n) is 5.93. The minimum atomic E-state index is -0.390. The predicted octanol–water partition coefficient (Wildman–Crippen LogP) is 0.306. The van der Waals surface area contributed by atoms with E-state index in [4.69, 9.17) is 4.74 Å². The summed E-state index contributed by atoms with van der Waals surface area (Å²) in [6.07, 6.45) is 0. The van der Waals surface area contributed by atoms with Crippen LogP contribution in [0.2, 0.25) is 0 Å². The topological polar surface area (TPSA) is 110 Å². The zero-order chi connectivity index (χ0) is 19.4. The molecule has 1 N–H and O–H groups in total. The number of ether oxygens (including phenoxy) is 1. The second-order valence-corrected chi connectivity index (χ2v) is 5.93. The molecule has 0 saturated heterocycles. The fourth-order valence-electron chi connectivity index (χ4n) is 2.62. The number of carbonyl (C=O) groups excluding carboxylic acids is 1. The quantitative estimate of drug-likeness (QED) is 0.669. The monoisotopic (exact) mass is 369 g/mol. The van der Waals surface area contributed by atoms with Gasteiger partial charge in [0.25, 0.3) is 17.0 Å². The number of aromatic nitrogens is 4. The molecule has 3 aromatic rings. The van der Waals surface area contributed by atoms with E-state index in [0.717, 1.165) is 4.68 Å². The van der Waals surface area contributed by atoms with Crippen LogP contribution in [0.25, 0.3) is 10.9 Å². The molecule has 0 unspecified atom stereocenters. The molecule has 0 atom stereocenters. The summed E-state index contributed by atoms with van der Waals surface area (Å²) in [5.74, 6) is -0.0357. The van der Waals surface area contributed by atoms with Gasteiger partial charge in [-0.05, 0) is 18.2 Å². The molecule has 0 saturated carbocycles. The smallest absolute Gasteiger partial charge is 0.274 e. The van der Waals surface area contributed by atoms with E-state index >= 15 is 0 Å². The van der Waals surface area contributed by atoms with Crippen molar-refractivity contribution >= 4 is 16.8 Å². The van der Waals surface area contributed by atoms with E-state index in [1.54, 1.807) is 24.3 Å². The number of nitrogens with zero attached hydrogens (tertiary/aromatic N) is 4. The summed E-state index contributed by atoms with van der Waals surface area (Å²) in [5, 5.41) is 4.47. The summed E-state index contributed by atoms with van der Waals surface area (Å²) in [6.45, 7) is 0.651. The van der Waals surface area contributed by atoms with Crippen LogP contribution < -0.4 is 11.1 Å². The van der Waals surface area contributed by atoms with Gasteiger partial charge in [0.15, 0.2) is 0 Å². The Morgan fingerprint density at radius 2 is 2.00 bits per heavy atom. The van der Waals surface area contributed by atoms with Crippen LogP contribution in [0.5, 0.6) is 0 Å². The Morgan fingerprint density at radius 3 is 2.74 bits per heavy atom. The Morgan fingerprint density at radius 1 is 1.22 bits per heavy atom. The lowest BCUT2D eigenvalue weighted by Crippen LogP contribution is -2.36. The number of aromatic amines is 1. The molecule has 0 radical (unpaired) electrons. The van der Waals surface area contributed by atoms with Gasteiger partial charge in [0.2, 0.25) is 0 Å². The van der Waals surface area contributed by atoms with Crippen molar-refractivity contribution in [3.63, 3.8) is 0 Å². The minimum absolute atomic E-state index is 0.0762. The molecule has 27 heavy (non-hydrogen) atoms. The average Bonchev–Trinajstić information content (AvgIpc) is 2.67. The van der Waals surface area contributed by atoms with E-state index in [1.165, 1.54) is 31.2 Å². The van der Waals surface area contributed by atoms with E-state index in [0.29, 0.717) is 23.3 Å². The molecule has 2 aromatic heterocycles. The van der Waals surface area contributed by atoms with Gasteiger partial charge in [-0.2, -0.15) is 5.10 Å². The normalized spacial score (nSPS) is 10.9. The first kappa shape index (κ1) is 18.5. The number of hydrogen-bond donors (Lipinski definition) is 1. The maximum absolute atomic E-state index is 12.8. The minimum Gasteiger partial charge on any atom is -0.383 e. The Labute approximate surface area is 154 Å². The molecule has 9 heteroatoms. The lowest BCUT2D eigenvalue weighted by molar-refractivity contribution is 0.0667. The number of nitrogens with one attached hydrogen (secondary N) is 1. The third-order valence-electron chi connectivity index (χ3n) is 4.03. The van der Waals surface area contributed by atoms with Crippen LogP contribution in [-0.2, 0) is 18.3 Å². The zero-order valence-corrected chi connectivity index (χ0v) is 15.0. The molecule has 140 valence electrons. The fourth-order valence-corrected chi connectivity index (χ4v) is 2.62. The maximum atomic E-state index is 12.8. The molecule has 2 heterocycles. The van der Waals surface area contributed by atoms with Crippen LogP contribution in [0.3, 0.4) is 0 Å². The highest BCUT2D eigenvalue weighted by atomic mass is 16.5. The molecular weight excluding hydrogens is 350 g/mol. The molecule has 9 nitrogen and oxygen atoms in total. The Hall–Kier alpha value is -3.33. The van der Waals surface area contributed by atoms with Crippen LogP contribution in [0.4, 0.5) is 0 Å². The second kappa shape index (κ2) is 7.92. The van der Waals surface area contributed by atoms with Crippen molar-refractivity contribution in [1.82, 2.24) is 24.6 Å². The number of fused-ring (bicyclic) bond motifs is 1. The summed E-state index contributed by atoms with van der Waals surface area (Å²) in [6, 6.07) is 9.64. The maximum Gasteiger partial charge on any atom is 0.274 e. The highest BCUT2D eigenvalue weighted by molar-refractivity contribution is 5.92. The number of hydrogen-bond acceptors (Lipinski definition) is 6. The van der Waals surface area contributed by atoms with E-state index in [2.05, 4.69) is 15.1 Å². The standard InChI is InChI=1S/C18H19N5O4/c1-22-16(24)8-7-14(21-22)18(26)23(9-10-27-2)11-15-19-13-6-4-3-5-12(13)17(25)20-15/h3-8H,9-11H2,1-2H3,(H,19,20,25). The number of rotatable bonds is 6. The van der Waals surface area contributed by atoms with Crippen molar-refractivity contribution in [2.24, 2.45) is 7.05 Å². The number of aryl methyl sites for hydroxylation is 1. The lowest BCUT2D eigenvalue weighted by atomic mass is 10.2. The Bertz CT molecular complexity index is 1090. The van der Waals surface area contributed by atoms with Gasteiger partial charge in [-0.25, -0.2) is 9.67 Å². The molecule has 0 aliphatic carbocycles. The summed E-state index contributed by atoms with van der Waals surface area (Å²) < 4.78 is 6.17. The van der Waals surface area contributed by atoms with Crippen LogP contribution in [0.1, 0.15) is 16.3 Å². The molecule has 0 aliphatic rings. The van der Waals surface area contributed by atoms with Crippen molar-refractivity contribution in [1.29, 1.82) is 0 Å². The van der Waals surface area contributed by atoms with Crippen molar-refractivity contribution in [3.05, 3.63) is 68.6 Å². The highest BCUT2D eigenvalue weighted by Gasteiger charge is 2.19. The van der Waals surface area contributed by atoms with Crippen LogP contribution in [-0.4, -0.2) is 50.8 Å². The predicted molar refractivity (Wildman–Crippen MR) is 98.5 cm³/mol. The molecule has 0 fully saturated rings. The third-order valence-corrected chi connectivity index (χ3v) is 4.03. The van der Waals surface area contributed by atoms with Crippen LogP contribution >= 0.6 is 0 Å². The van der Waals surface area contributed by atoms with Gasteiger partial charge in [-0.1, -0.05) is 12.1 Å². The molecule has 0 aliphatic heterocycles. The Kier molecular flexibility index (Phi) is 5.41. The number of para-hydroxylation sites is 1. The van der Waals surface area contributed by atoms with Crippen LogP contribution in [0.15, 0.2) is 46.0 Å². The SMILES string of the molecule is COCCN(Cc1nc2ccccc2c(=O)[nH]1)C(=O)c1ccc(=O)n(C)n1. The largest absolute Gasteiger partial charge is 0.383 e. The first-order chi connectivity index (χ1) is 13.0. The van der Waals surface area contributed by atoms with Crippen molar-refractivity contribution < 1.29 is 9.53 Å². The number of H-pyrrole nitrogens is 1. The zero-order valence-electron chi connectivity index (χ0n) is 15.0. The fraction of sp³-hybridized carbons (Fsp3) is 0.278. The number of amides is 1. The van der Waals surface area contributed by atoms with Gasteiger partial charge in [0.1, 0.15) is 11.5 Å². The first-order valence-electron chi connectivity index (χ1n) is 8.30. The highest BCUT2D eigenvalue weighted by Crippen LogP contribution is 2.09. The summed E-state index contributed by atoms with van der Waals surface area (Å²) in [4.78, 5) is 45.2. The van der Waals surface area contributed by atoms with E-state index in [-0.39, 0.29) is 29.9 Å². The number of benzene rings is 1. The molecule has 0 spiro atoms. The molecule has 1 aromatic carbocycles. The first-order valence-corrected chi connectivity index (χ1v) is 8.30. The lowest BCUT2D eigenvalue weighted by Gasteiger charge is -2.21. The summed E-state index contributed by atoms with van der Waals surface area (Å²) >= 11 is 0. The van der Waals surface area contributed by atoms with Crippen molar-refractivity contribution in [2.45, 2.75) is 6.54 Å². The van der Waals surface area contributed by atoms with E-state index in [9.17, 15) is 14.4 Å². The van der Waals surface area contributed by atoms with Crippen molar-refractivity contribution in [2.75, 3.05) is 20.3 Å². The van der Waals surface area contributed by atoms with Crippen LogP contribution in [0, 0.1) is 0 Å². The van der Waals surface area contributed by atoms with Crippen molar-refractivity contribution in [3.8, 4) is 0 Å². The number of methoxy groups -OCH3 is 1. The van der Waals surface area contributed by atoms with Gasteiger partial charge in [0, 0.05) is 26.8 Å². The van der Waals surface area contributed by atoms with E-state index in [1.807, 2.05) is 0 Å². The number of carbonyl (C=O) groups is 1. The summed E-state index contributed by atoms with van der Waals surface area (Å²) in [5.41, 5.74) is 0.0949. The molecular formula is C18H19N5O4. The third kappa shape index (κ3) is 4.09. The molecule has 3 rings (SSSR count). The molecule has 0 bridgehead atoms.